The molecule has 2 aliphatic heterocycles. The van der Waals surface area contributed by atoms with Gasteiger partial charge in [-0.1, -0.05) is 0 Å². The zero-order chi connectivity index (χ0) is 10.1. The fourth-order valence-electron chi connectivity index (χ4n) is 2.62. The monoisotopic (exact) mass is 241 g/mol. The van der Waals surface area contributed by atoms with Crippen molar-refractivity contribution in [2.75, 3.05) is 0 Å². The zero-order valence-corrected chi connectivity index (χ0v) is 9.82. The van der Waals surface area contributed by atoms with Crippen LogP contribution < -0.4 is 10.1 Å². The Kier molecular flexibility index (Phi) is 3.61. The lowest BCUT2D eigenvalue weighted by Gasteiger charge is -2.28. The normalized spacial score (nSPS) is 31.9. The lowest BCUT2D eigenvalue weighted by molar-refractivity contribution is 0.131. The number of ether oxygens (including phenoxy) is 1. The predicted molar refractivity (Wildman–Crippen MR) is 62.9 cm³/mol. The van der Waals surface area contributed by atoms with Crippen LogP contribution in [0.2, 0.25) is 0 Å². The highest BCUT2D eigenvalue weighted by Gasteiger charge is 2.34. The van der Waals surface area contributed by atoms with Gasteiger partial charge in [0.2, 0.25) is 5.88 Å². The van der Waals surface area contributed by atoms with E-state index in [4.69, 9.17) is 4.74 Å². The Morgan fingerprint density at radius 3 is 2.56 bits per heavy atom. The SMILES string of the molecule is Cl.c1cnc(OC2C[C@H]3CC[C@@H](C2)N3)cn1. The third kappa shape index (κ3) is 2.44. The van der Waals surface area contributed by atoms with E-state index < -0.39 is 0 Å². The van der Waals surface area contributed by atoms with Gasteiger partial charge in [0.15, 0.2) is 0 Å². The van der Waals surface area contributed by atoms with Crippen molar-refractivity contribution >= 4 is 12.4 Å². The second-order valence-electron chi connectivity index (χ2n) is 4.39. The van der Waals surface area contributed by atoms with E-state index in [-0.39, 0.29) is 12.4 Å². The average molecular weight is 242 g/mol. The van der Waals surface area contributed by atoms with E-state index in [0.29, 0.717) is 24.1 Å². The van der Waals surface area contributed by atoms with Crippen molar-refractivity contribution in [3.05, 3.63) is 18.6 Å². The summed E-state index contributed by atoms with van der Waals surface area (Å²) in [5.74, 6) is 0.656. The third-order valence-electron chi connectivity index (χ3n) is 3.26. The molecule has 88 valence electrons. The number of nitrogens with zero attached hydrogens (tertiary/aromatic N) is 2. The quantitative estimate of drug-likeness (QED) is 0.854. The molecule has 4 nitrogen and oxygen atoms in total. The van der Waals surface area contributed by atoms with Crippen LogP contribution in [0.4, 0.5) is 0 Å². The number of hydrogen-bond donors (Lipinski definition) is 1. The van der Waals surface area contributed by atoms with Crippen LogP contribution >= 0.6 is 12.4 Å². The molecule has 2 aliphatic rings. The van der Waals surface area contributed by atoms with Crippen molar-refractivity contribution in [2.24, 2.45) is 0 Å². The van der Waals surface area contributed by atoms with E-state index in [1.165, 1.54) is 12.8 Å². The maximum Gasteiger partial charge on any atom is 0.232 e. The Bertz CT molecular complexity index is 323. The van der Waals surface area contributed by atoms with Crippen molar-refractivity contribution in [2.45, 2.75) is 43.9 Å². The standard InChI is InChI=1S/C11H15N3O.ClH/c1-2-9-6-10(5-8(1)14-9)15-11-7-12-3-4-13-11;/h3-4,7-10,14H,1-2,5-6H2;1H/t8-,9+,10?;. The second-order valence-corrected chi connectivity index (χ2v) is 4.39. The van der Waals surface area contributed by atoms with Gasteiger partial charge in [-0.2, -0.15) is 0 Å². The molecule has 3 heterocycles. The number of piperidine rings is 1. The summed E-state index contributed by atoms with van der Waals surface area (Å²) in [6, 6.07) is 1.32. The molecule has 0 aromatic carbocycles. The molecule has 3 rings (SSSR count). The minimum Gasteiger partial charge on any atom is -0.473 e. The van der Waals surface area contributed by atoms with Crippen LogP contribution in [-0.4, -0.2) is 28.2 Å². The van der Waals surface area contributed by atoms with Gasteiger partial charge in [-0.05, 0) is 25.7 Å². The summed E-state index contributed by atoms with van der Waals surface area (Å²) >= 11 is 0. The van der Waals surface area contributed by atoms with Gasteiger partial charge in [0.25, 0.3) is 0 Å². The van der Waals surface area contributed by atoms with E-state index in [1.54, 1.807) is 18.6 Å². The van der Waals surface area contributed by atoms with Gasteiger partial charge in [0, 0.05) is 24.5 Å². The van der Waals surface area contributed by atoms with Crippen molar-refractivity contribution in [1.29, 1.82) is 0 Å². The molecule has 0 aliphatic carbocycles. The van der Waals surface area contributed by atoms with Gasteiger partial charge < -0.3 is 10.1 Å². The first-order chi connectivity index (χ1) is 7.40. The molecule has 1 aromatic heterocycles. The van der Waals surface area contributed by atoms with Crippen LogP contribution in [0.25, 0.3) is 0 Å². The minimum absolute atomic E-state index is 0. The predicted octanol–water partition coefficient (Wildman–Crippen LogP) is 1.56. The molecule has 16 heavy (non-hydrogen) atoms. The van der Waals surface area contributed by atoms with Crippen molar-refractivity contribution < 1.29 is 4.74 Å². The van der Waals surface area contributed by atoms with E-state index in [0.717, 1.165) is 12.8 Å². The average Bonchev–Trinajstić information content (AvgIpc) is 2.60. The molecule has 0 spiro atoms. The largest absolute Gasteiger partial charge is 0.473 e. The van der Waals surface area contributed by atoms with Crippen molar-refractivity contribution in [3.8, 4) is 5.88 Å². The molecule has 5 heteroatoms. The fourth-order valence-corrected chi connectivity index (χ4v) is 2.62. The number of hydrogen-bond acceptors (Lipinski definition) is 4. The molecule has 3 atom stereocenters. The maximum atomic E-state index is 5.82. The highest BCUT2D eigenvalue weighted by Crippen LogP contribution is 2.28. The summed E-state index contributed by atoms with van der Waals surface area (Å²) in [5, 5.41) is 3.59. The van der Waals surface area contributed by atoms with Gasteiger partial charge in [-0.15, -0.1) is 12.4 Å². The van der Waals surface area contributed by atoms with Gasteiger partial charge in [-0.25, -0.2) is 4.98 Å². The first-order valence-electron chi connectivity index (χ1n) is 5.59. The van der Waals surface area contributed by atoms with Crippen molar-refractivity contribution in [1.82, 2.24) is 15.3 Å². The minimum atomic E-state index is 0. The zero-order valence-electron chi connectivity index (χ0n) is 9.00. The Morgan fingerprint density at radius 2 is 1.94 bits per heavy atom. The Hall–Kier alpha value is -0.870. The second kappa shape index (κ2) is 4.97. The molecule has 0 radical (unpaired) electrons. The van der Waals surface area contributed by atoms with Crippen molar-refractivity contribution in [3.63, 3.8) is 0 Å². The molecule has 1 N–H and O–H groups in total. The van der Waals surface area contributed by atoms with Crippen LogP contribution in [0.3, 0.4) is 0 Å². The highest BCUT2D eigenvalue weighted by atomic mass is 35.5. The Balaban J connectivity index is 0.000000963. The summed E-state index contributed by atoms with van der Waals surface area (Å²) in [6.45, 7) is 0. The summed E-state index contributed by atoms with van der Waals surface area (Å²) < 4.78 is 5.82. The molecule has 0 saturated carbocycles. The first kappa shape index (κ1) is 11.6. The third-order valence-corrected chi connectivity index (χ3v) is 3.26. The lowest BCUT2D eigenvalue weighted by atomic mass is 10.0. The van der Waals surface area contributed by atoms with E-state index in [9.17, 15) is 0 Å². The number of aromatic nitrogens is 2. The molecule has 0 amide bonds. The fraction of sp³-hybridized carbons (Fsp3) is 0.636. The molecule has 2 saturated heterocycles. The molecular formula is C11H16ClN3O. The maximum absolute atomic E-state index is 5.82. The molecule has 2 bridgehead atoms. The van der Waals surface area contributed by atoms with Crippen LogP contribution in [0.15, 0.2) is 18.6 Å². The van der Waals surface area contributed by atoms with Gasteiger partial charge >= 0.3 is 0 Å². The van der Waals surface area contributed by atoms with Crippen LogP contribution in [0.1, 0.15) is 25.7 Å². The molecule has 1 unspecified atom stereocenters. The summed E-state index contributed by atoms with van der Waals surface area (Å²) in [5.41, 5.74) is 0. The first-order valence-corrected chi connectivity index (χ1v) is 5.59. The Labute approximate surface area is 101 Å². The summed E-state index contributed by atoms with van der Waals surface area (Å²) in [7, 11) is 0. The number of nitrogens with one attached hydrogen (secondary N) is 1. The summed E-state index contributed by atoms with van der Waals surface area (Å²) in [4.78, 5) is 8.14. The Morgan fingerprint density at radius 1 is 1.19 bits per heavy atom. The molecule has 2 fully saturated rings. The van der Waals surface area contributed by atoms with E-state index >= 15 is 0 Å². The topological polar surface area (TPSA) is 47.0 Å². The smallest absolute Gasteiger partial charge is 0.232 e. The van der Waals surface area contributed by atoms with E-state index in [1.807, 2.05) is 0 Å². The van der Waals surface area contributed by atoms with E-state index in [2.05, 4.69) is 15.3 Å². The van der Waals surface area contributed by atoms with Crippen LogP contribution in [0.5, 0.6) is 5.88 Å². The molecule has 1 aromatic rings. The number of halogens is 1. The van der Waals surface area contributed by atoms with Crippen LogP contribution in [0, 0.1) is 0 Å². The van der Waals surface area contributed by atoms with Gasteiger partial charge in [0.05, 0.1) is 6.20 Å². The summed E-state index contributed by atoms with van der Waals surface area (Å²) in [6.07, 6.45) is 10.1. The van der Waals surface area contributed by atoms with Crippen LogP contribution in [-0.2, 0) is 0 Å². The van der Waals surface area contributed by atoms with Gasteiger partial charge in [-0.3, -0.25) is 4.98 Å². The highest BCUT2D eigenvalue weighted by molar-refractivity contribution is 5.85. The molecular weight excluding hydrogens is 226 g/mol. The lowest BCUT2D eigenvalue weighted by Crippen LogP contribution is -2.42. The number of fused-ring (bicyclic) bond motifs is 2. The number of rotatable bonds is 2. The van der Waals surface area contributed by atoms with Gasteiger partial charge in [0.1, 0.15) is 6.10 Å².